The summed E-state index contributed by atoms with van der Waals surface area (Å²) in [6.07, 6.45) is 0. The summed E-state index contributed by atoms with van der Waals surface area (Å²) in [7, 11) is 0. The number of anilines is 1. The lowest BCUT2D eigenvalue weighted by molar-refractivity contribution is 0.564. The minimum atomic E-state index is -0.131. The monoisotopic (exact) mass is 301 g/mol. The van der Waals surface area contributed by atoms with Gasteiger partial charge in [0, 0.05) is 29.2 Å². The molecule has 0 spiro atoms. The van der Waals surface area contributed by atoms with Crippen molar-refractivity contribution < 1.29 is 4.39 Å². The molecule has 1 rings (SSSR count). The van der Waals surface area contributed by atoms with Gasteiger partial charge < -0.3 is 4.90 Å². The summed E-state index contributed by atoms with van der Waals surface area (Å²) in [6, 6.07) is 5.68. The van der Waals surface area contributed by atoms with E-state index in [-0.39, 0.29) is 5.82 Å². The third-order valence-corrected chi connectivity index (χ3v) is 3.28. The van der Waals surface area contributed by atoms with Crippen molar-refractivity contribution in [3.63, 3.8) is 0 Å². The predicted octanol–water partition coefficient (Wildman–Crippen LogP) is 4.59. The summed E-state index contributed by atoms with van der Waals surface area (Å²) < 4.78 is 13.8. The van der Waals surface area contributed by atoms with Crippen molar-refractivity contribution >= 4 is 21.6 Å². The molecule has 0 bridgehead atoms. The minimum absolute atomic E-state index is 0.131. The molecule has 0 atom stereocenters. The van der Waals surface area contributed by atoms with Crippen molar-refractivity contribution in [2.24, 2.45) is 5.92 Å². The van der Waals surface area contributed by atoms with Gasteiger partial charge in [-0.15, -0.1) is 0 Å². The summed E-state index contributed by atoms with van der Waals surface area (Å²) in [6.45, 7) is 9.60. The van der Waals surface area contributed by atoms with Crippen molar-refractivity contribution in [2.75, 3.05) is 11.4 Å². The average Bonchev–Trinajstić information content (AvgIpc) is 2.25. The van der Waals surface area contributed by atoms with Gasteiger partial charge >= 0.3 is 0 Å². The molecule has 1 aromatic rings. The second-order valence-corrected chi connectivity index (χ2v) is 5.57. The Morgan fingerprint density at radius 2 is 1.88 bits per heavy atom. The van der Waals surface area contributed by atoms with Crippen LogP contribution in [0, 0.1) is 11.7 Å². The second-order valence-electron chi connectivity index (χ2n) is 5.01. The van der Waals surface area contributed by atoms with Gasteiger partial charge in [-0.05, 0) is 31.9 Å². The van der Waals surface area contributed by atoms with Crippen LogP contribution in [-0.4, -0.2) is 12.6 Å². The largest absolute Gasteiger partial charge is 0.369 e. The van der Waals surface area contributed by atoms with Crippen molar-refractivity contribution in [3.05, 3.63) is 29.6 Å². The zero-order valence-corrected chi connectivity index (χ0v) is 12.6. The standard InChI is InChI=1S/C14H21BrFN/c1-10(2)9-17(11(3)4)14-7-5-6-13(16)12(14)8-15/h5-7,10-11H,8-9H2,1-4H3. The molecule has 0 heterocycles. The van der Waals surface area contributed by atoms with Gasteiger partial charge in [-0.1, -0.05) is 35.8 Å². The molecule has 0 amide bonds. The molecule has 17 heavy (non-hydrogen) atoms. The van der Waals surface area contributed by atoms with Gasteiger partial charge in [-0.2, -0.15) is 0 Å². The molecule has 0 saturated heterocycles. The third kappa shape index (κ3) is 3.70. The molecule has 96 valence electrons. The Hall–Kier alpha value is -0.570. The Kier molecular flexibility index (Phi) is 5.44. The van der Waals surface area contributed by atoms with Gasteiger partial charge in [-0.3, -0.25) is 0 Å². The highest BCUT2D eigenvalue weighted by atomic mass is 79.9. The quantitative estimate of drug-likeness (QED) is 0.719. The van der Waals surface area contributed by atoms with Crippen molar-refractivity contribution in [2.45, 2.75) is 39.1 Å². The highest BCUT2D eigenvalue weighted by Crippen LogP contribution is 2.27. The minimum Gasteiger partial charge on any atom is -0.369 e. The van der Waals surface area contributed by atoms with Gasteiger partial charge in [-0.25, -0.2) is 4.39 Å². The van der Waals surface area contributed by atoms with Crippen LogP contribution in [0.15, 0.2) is 18.2 Å². The number of halogens is 2. The molecular formula is C14H21BrFN. The lowest BCUT2D eigenvalue weighted by Gasteiger charge is -2.32. The molecule has 1 aromatic carbocycles. The molecule has 0 aliphatic carbocycles. The molecule has 0 aromatic heterocycles. The summed E-state index contributed by atoms with van der Waals surface area (Å²) in [4.78, 5) is 2.27. The van der Waals surface area contributed by atoms with E-state index in [1.165, 1.54) is 6.07 Å². The van der Waals surface area contributed by atoms with Crippen molar-refractivity contribution in [3.8, 4) is 0 Å². The lowest BCUT2D eigenvalue weighted by atomic mass is 10.1. The van der Waals surface area contributed by atoms with E-state index in [1.807, 2.05) is 6.07 Å². The highest BCUT2D eigenvalue weighted by Gasteiger charge is 2.17. The van der Waals surface area contributed by atoms with Gasteiger partial charge in [0.2, 0.25) is 0 Å². The average molecular weight is 302 g/mol. The van der Waals surface area contributed by atoms with Gasteiger partial charge in [0.05, 0.1) is 0 Å². The normalized spacial score (nSPS) is 11.3. The van der Waals surface area contributed by atoms with E-state index in [0.717, 1.165) is 17.8 Å². The Morgan fingerprint density at radius 1 is 1.24 bits per heavy atom. The molecule has 3 heteroatoms. The van der Waals surface area contributed by atoms with Crippen LogP contribution in [0.4, 0.5) is 10.1 Å². The Morgan fingerprint density at radius 3 is 2.35 bits per heavy atom. The summed E-state index contributed by atoms with van der Waals surface area (Å²) in [5.74, 6) is 0.428. The third-order valence-electron chi connectivity index (χ3n) is 2.72. The SMILES string of the molecule is CC(C)CN(c1cccc(F)c1CBr)C(C)C. The molecule has 0 saturated carbocycles. The van der Waals surface area contributed by atoms with Gasteiger partial charge in [0.1, 0.15) is 5.82 Å². The number of nitrogens with zero attached hydrogens (tertiary/aromatic N) is 1. The summed E-state index contributed by atoms with van der Waals surface area (Å²) in [5, 5.41) is 0.552. The van der Waals surface area contributed by atoms with Gasteiger partial charge in [0.15, 0.2) is 0 Å². The second kappa shape index (κ2) is 6.39. The molecule has 0 N–H and O–H groups in total. The van der Waals surface area contributed by atoms with Crippen LogP contribution >= 0.6 is 15.9 Å². The van der Waals surface area contributed by atoms with E-state index in [9.17, 15) is 4.39 Å². The number of hydrogen-bond acceptors (Lipinski definition) is 1. The van der Waals surface area contributed by atoms with E-state index in [2.05, 4.69) is 48.5 Å². The molecule has 0 radical (unpaired) electrons. The topological polar surface area (TPSA) is 3.24 Å². The van der Waals surface area contributed by atoms with Crippen LogP contribution in [0.1, 0.15) is 33.3 Å². The molecule has 0 aliphatic heterocycles. The maximum atomic E-state index is 13.8. The summed E-state index contributed by atoms with van der Waals surface area (Å²) in [5.41, 5.74) is 1.76. The fraction of sp³-hybridized carbons (Fsp3) is 0.571. The fourth-order valence-electron chi connectivity index (χ4n) is 1.93. The first-order valence-electron chi connectivity index (χ1n) is 6.07. The van der Waals surface area contributed by atoms with Crippen LogP contribution in [0.2, 0.25) is 0 Å². The molecule has 0 aliphatic rings. The van der Waals surface area contributed by atoms with E-state index >= 15 is 0 Å². The predicted molar refractivity (Wildman–Crippen MR) is 76.4 cm³/mol. The van der Waals surface area contributed by atoms with Crippen molar-refractivity contribution in [1.29, 1.82) is 0 Å². The molecule has 1 nitrogen and oxygen atoms in total. The van der Waals surface area contributed by atoms with Crippen LogP contribution in [0.25, 0.3) is 0 Å². The Labute approximate surface area is 112 Å². The summed E-state index contributed by atoms with van der Waals surface area (Å²) >= 11 is 3.38. The highest BCUT2D eigenvalue weighted by molar-refractivity contribution is 9.08. The van der Waals surface area contributed by atoms with Crippen LogP contribution in [-0.2, 0) is 5.33 Å². The Balaban J connectivity index is 3.13. The Bertz CT molecular complexity index is 363. The number of benzene rings is 1. The maximum Gasteiger partial charge on any atom is 0.129 e. The maximum absolute atomic E-state index is 13.8. The van der Waals surface area contributed by atoms with Gasteiger partial charge in [0.25, 0.3) is 0 Å². The zero-order chi connectivity index (χ0) is 13.0. The first-order chi connectivity index (χ1) is 7.97. The van der Waals surface area contributed by atoms with Crippen LogP contribution in [0.3, 0.4) is 0 Å². The van der Waals surface area contributed by atoms with Crippen LogP contribution in [0.5, 0.6) is 0 Å². The first kappa shape index (κ1) is 14.5. The molecular weight excluding hydrogens is 281 g/mol. The number of rotatable bonds is 5. The first-order valence-corrected chi connectivity index (χ1v) is 7.19. The smallest absolute Gasteiger partial charge is 0.129 e. The van der Waals surface area contributed by atoms with E-state index in [1.54, 1.807) is 6.07 Å². The molecule has 0 unspecified atom stereocenters. The molecule has 0 fully saturated rings. The zero-order valence-electron chi connectivity index (χ0n) is 11.0. The van der Waals surface area contributed by atoms with E-state index < -0.39 is 0 Å². The fourth-order valence-corrected chi connectivity index (χ4v) is 2.48. The lowest BCUT2D eigenvalue weighted by Crippen LogP contribution is -2.35. The number of alkyl halides is 1. The van der Waals surface area contributed by atoms with E-state index in [4.69, 9.17) is 0 Å². The van der Waals surface area contributed by atoms with Crippen molar-refractivity contribution in [1.82, 2.24) is 0 Å². The van der Waals surface area contributed by atoms with E-state index in [0.29, 0.717) is 17.3 Å². The van der Waals surface area contributed by atoms with Crippen LogP contribution < -0.4 is 4.90 Å². The number of hydrogen-bond donors (Lipinski definition) is 0.